The minimum atomic E-state index is -0.684. The highest BCUT2D eigenvalue weighted by molar-refractivity contribution is 5.72. The predicted molar refractivity (Wildman–Crippen MR) is 96.4 cm³/mol. The number of carbonyl (C=O) groups excluding carboxylic acids is 2. The third-order valence-corrected chi connectivity index (χ3v) is 3.90. The van der Waals surface area contributed by atoms with Gasteiger partial charge in [-0.25, -0.2) is 4.39 Å². The van der Waals surface area contributed by atoms with Crippen LogP contribution in [-0.4, -0.2) is 23.5 Å². The van der Waals surface area contributed by atoms with Crippen molar-refractivity contribution in [3.05, 3.63) is 39.7 Å². The second-order valence-corrected chi connectivity index (χ2v) is 6.18. The van der Waals surface area contributed by atoms with E-state index in [1.807, 2.05) is 0 Å². The van der Waals surface area contributed by atoms with Crippen molar-refractivity contribution in [2.45, 2.75) is 64.9 Å². The summed E-state index contributed by atoms with van der Waals surface area (Å²) >= 11 is 0. The van der Waals surface area contributed by atoms with Gasteiger partial charge in [-0.15, -0.1) is 0 Å². The molecule has 0 aromatic heterocycles. The lowest BCUT2D eigenvalue weighted by Crippen LogP contribution is -2.09. The Kier molecular flexibility index (Phi) is 10.7. The lowest BCUT2D eigenvalue weighted by Gasteiger charge is -2.07. The van der Waals surface area contributed by atoms with Crippen molar-refractivity contribution in [2.24, 2.45) is 0 Å². The fraction of sp³-hybridized carbons (Fsp3) is 0.579. The molecular weight excluding hydrogens is 357 g/mol. The molecule has 0 heterocycles. The quantitative estimate of drug-likeness (QED) is 0.216. The zero-order valence-corrected chi connectivity index (χ0v) is 15.6. The number of nitrogens with zero attached hydrogens (tertiary/aromatic N) is 1. The Morgan fingerprint density at radius 1 is 1.04 bits per heavy atom. The maximum atomic E-state index is 13.6. The van der Waals surface area contributed by atoms with Crippen LogP contribution in [0.5, 0.6) is 0 Å². The molecule has 0 saturated heterocycles. The lowest BCUT2D eigenvalue weighted by atomic mass is 10.2. The molecule has 0 spiro atoms. The third-order valence-electron chi connectivity index (χ3n) is 3.90. The first-order valence-corrected chi connectivity index (χ1v) is 9.18. The summed E-state index contributed by atoms with van der Waals surface area (Å²) in [5.41, 5.74) is -0.347. The highest BCUT2D eigenvalue weighted by Crippen LogP contribution is 2.18. The molecule has 7 nitrogen and oxygen atoms in total. The van der Waals surface area contributed by atoms with Gasteiger partial charge in [0.1, 0.15) is 12.4 Å². The molecule has 0 aliphatic rings. The van der Waals surface area contributed by atoms with E-state index >= 15 is 0 Å². The number of ether oxygens (including phenoxy) is 2. The molecule has 150 valence electrons. The van der Waals surface area contributed by atoms with Gasteiger partial charge in [-0.1, -0.05) is 32.6 Å². The Labute approximate surface area is 158 Å². The van der Waals surface area contributed by atoms with Crippen LogP contribution in [0.15, 0.2) is 18.2 Å². The molecule has 0 N–H and O–H groups in total. The summed E-state index contributed by atoms with van der Waals surface area (Å²) in [4.78, 5) is 33.2. The standard InChI is InChI=1S/C19H26FNO6/c1-2-3-4-5-6-12-26-18(22)8-7-9-19(23)27-14-15-13-16(21(24)25)10-11-17(15)20/h10-11,13H,2-9,12,14H2,1H3. The molecule has 1 aromatic rings. The smallest absolute Gasteiger partial charge is 0.306 e. The summed E-state index contributed by atoms with van der Waals surface area (Å²) in [6, 6.07) is 3.02. The topological polar surface area (TPSA) is 95.7 Å². The first-order valence-electron chi connectivity index (χ1n) is 9.18. The van der Waals surface area contributed by atoms with Gasteiger partial charge in [0.15, 0.2) is 0 Å². The molecule has 1 aromatic carbocycles. The summed E-state index contributed by atoms with van der Waals surface area (Å²) in [7, 11) is 0. The molecule has 8 heteroatoms. The minimum Gasteiger partial charge on any atom is -0.466 e. The fourth-order valence-corrected chi connectivity index (χ4v) is 2.36. The predicted octanol–water partition coefficient (Wildman–Crippen LogP) is 4.46. The summed E-state index contributed by atoms with van der Waals surface area (Å²) in [5.74, 6) is -1.65. The Morgan fingerprint density at radius 3 is 2.37 bits per heavy atom. The van der Waals surface area contributed by atoms with E-state index in [4.69, 9.17) is 9.47 Å². The molecule has 0 aliphatic carbocycles. The fourth-order valence-electron chi connectivity index (χ4n) is 2.36. The second-order valence-electron chi connectivity index (χ2n) is 6.18. The van der Waals surface area contributed by atoms with Gasteiger partial charge >= 0.3 is 11.9 Å². The van der Waals surface area contributed by atoms with Crippen LogP contribution in [0.25, 0.3) is 0 Å². The number of benzene rings is 1. The zero-order valence-electron chi connectivity index (χ0n) is 15.6. The van der Waals surface area contributed by atoms with Crippen molar-refractivity contribution in [1.82, 2.24) is 0 Å². The van der Waals surface area contributed by atoms with Crippen LogP contribution < -0.4 is 0 Å². The average molecular weight is 383 g/mol. The molecule has 0 aliphatic heterocycles. The van der Waals surface area contributed by atoms with Crippen molar-refractivity contribution in [2.75, 3.05) is 6.61 Å². The third kappa shape index (κ3) is 9.67. The summed E-state index contributed by atoms with van der Waals surface area (Å²) in [6.07, 6.45) is 5.69. The molecular formula is C19H26FNO6. The van der Waals surface area contributed by atoms with Crippen molar-refractivity contribution >= 4 is 17.6 Å². The molecule has 0 amide bonds. The van der Waals surface area contributed by atoms with Crippen LogP contribution in [0.3, 0.4) is 0 Å². The molecule has 0 atom stereocenters. The largest absolute Gasteiger partial charge is 0.466 e. The van der Waals surface area contributed by atoms with Crippen molar-refractivity contribution in [3.8, 4) is 0 Å². The first kappa shape index (κ1) is 22.5. The highest BCUT2D eigenvalue weighted by Gasteiger charge is 2.13. The molecule has 0 unspecified atom stereocenters. The van der Waals surface area contributed by atoms with Crippen LogP contribution in [0.2, 0.25) is 0 Å². The summed E-state index contributed by atoms with van der Waals surface area (Å²) < 4.78 is 23.6. The zero-order chi connectivity index (χ0) is 20.1. The number of hydrogen-bond donors (Lipinski definition) is 0. The Balaban J connectivity index is 2.20. The maximum absolute atomic E-state index is 13.6. The number of esters is 2. The van der Waals surface area contributed by atoms with Crippen LogP contribution >= 0.6 is 0 Å². The molecule has 0 radical (unpaired) electrons. The highest BCUT2D eigenvalue weighted by atomic mass is 19.1. The van der Waals surface area contributed by atoms with E-state index in [2.05, 4.69) is 6.92 Å². The lowest BCUT2D eigenvalue weighted by molar-refractivity contribution is -0.385. The normalized spacial score (nSPS) is 10.4. The van der Waals surface area contributed by atoms with Crippen LogP contribution in [0.1, 0.15) is 63.9 Å². The SMILES string of the molecule is CCCCCCCOC(=O)CCCC(=O)OCc1cc([N+](=O)[O-])ccc1F. The van der Waals surface area contributed by atoms with Gasteiger partial charge in [-0.05, 0) is 18.9 Å². The van der Waals surface area contributed by atoms with Gasteiger partial charge in [-0.3, -0.25) is 19.7 Å². The Bertz CT molecular complexity index is 635. The number of rotatable bonds is 13. The van der Waals surface area contributed by atoms with E-state index in [9.17, 15) is 24.1 Å². The van der Waals surface area contributed by atoms with Gasteiger partial charge in [-0.2, -0.15) is 0 Å². The van der Waals surface area contributed by atoms with Crippen LogP contribution in [-0.2, 0) is 25.7 Å². The molecule has 0 bridgehead atoms. The number of carbonyl (C=O) groups is 2. The summed E-state index contributed by atoms with van der Waals surface area (Å²) in [5, 5.41) is 10.7. The van der Waals surface area contributed by atoms with Gasteiger partial charge in [0.2, 0.25) is 0 Å². The van der Waals surface area contributed by atoms with E-state index in [1.54, 1.807) is 0 Å². The average Bonchev–Trinajstić information content (AvgIpc) is 2.63. The number of non-ortho nitro benzene ring substituents is 1. The van der Waals surface area contributed by atoms with Gasteiger partial charge in [0, 0.05) is 30.5 Å². The molecule has 0 fully saturated rings. The second kappa shape index (κ2) is 12.8. The van der Waals surface area contributed by atoms with Crippen molar-refractivity contribution < 1.29 is 28.4 Å². The minimum absolute atomic E-state index is 0.0118. The van der Waals surface area contributed by atoms with Crippen molar-refractivity contribution in [1.29, 1.82) is 0 Å². The Morgan fingerprint density at radius 2 is 1.70 bits per heavy atom. The molecule has 1 rings (SSSR count). The number of hydrogen-bond acceptors (Lipinski definition) is 6. The first-order chi connectivity index (χ1) is 12.9. The van der Waals surface area contributed by atoms with Gasteiger partial charge < -0.3 is 9.47 Å². The molecule has 0 saturated carbocycles. The van der Waals surface area contributed by atoms with Crippen molar-refractivity contribution in [3.63, 3.8) is 0 Å². The monoisotopic (exact) mass is 383 g/mol. The molecule has 27 heavy (non-hydrogen) atoms. The number of halogens is 1. The number of nitro benzene ring substituents is 1. The van der Waals surface area contributed by atoms with E-state index < -0.39 is 23.3 Å². The van der Waals surface area contributed by atoms with E-state index in [0.29, 0.717) is 6.61 Å². The van der Waals surface area contributed by atoms with E-state index in [0.717, 1.165) is 43.9 Å². The number of nitro groups is 1. The maximum Gasteiger partial charge on any atom is 0.306 e. The van der Waals surface area contributed by atoms with Gasteiger partial charge in [0.25, 0.3) is 5.69 Å². The van der Waals surface area contributed by atoms with Crippen LogP contribution in [0.4, 0.5) is 10.1 Å². The Hall–Kier alpha value is -2.51. The van der Waals surface area contributed by atoms with Gasteiger partial charge in [0.05, 0.1) is 11.5 Å². The number of unbranched alkanes of at least 4 members (excludes halogenated alkanes) is 4. The van der Waals surface area contributed by atoms with Crippen LogP contribution in [0, 0.1) is 15.9 Å². The van der Waals surface area contributed by atoms with E-state index in [1.165, 1.54) is 6.42 Å². The summed E-state index contributed by atoms with van der Waals surface area (Å²) in [6.45, 7) is 2.12. The van der Waals surface area contributed by atoms with E-state index in [-0.39, 0.29) is 36.5 Å².